The van der Waals surface area contributed by atoms with Crippen molar-refractivity contribution in [3.05, 3.63) is 35.4 Å². The normalized spacial score (nSPS) is 37.5. The second-order valence-electron chi connectivity index (χ2n) is 15.1. The molecular weight excluding hydrogens is 566 g/mol. The Morgan fingerprint density at radius 3 is 2.69 bits per heavy atom. The fraction of sp³-hybridized carbons (Fsp3) is 0.778. The third-order valence-electron chi connectivity index (χ3n) is 11.2. The van der Waals surface area contributed by atoms with E-state index in [1.165, 1.54) is 11.1 Å². The van der Waals surface area contributed by atoms with Gasteiger partial charge in [0, 0.05) is 49.0 Å². The number of carbonyl (C=O) groups is 1. The number of carboxylic acids is 1. The number of fused-ring (bicyclic) bond motifs is 4. The predicted molar refractivity (Wildman–Crippen MR) is 180 cm³/mol. The van der Waals surface area contributed by atoms with E-state index in [1.54, 1.807) is 0 Å². The lowest BCUT2D eigenvalue weighted by Crippen LogP contribution is -2.60. The number of rotatable bonds is 6. The maximum Gasteiger partial charge on any atom is 0.306 e. The zero-order valence-electron chi connectivity index (χ0n) is 27.7. The average Bonchev–Trinajstić information content (AvgIpc) is 3.53. The molecule has 45 heavy (non-hydrogen) atoms. The molecule has 2 fully saturated rings. The highest BCUT2D eigenvalue weighted by Gasteiger charge is 2.38. The van der Waals surface area contributed by atoms with Gasteiger partial charge in [-0.25, -0.2) is 0 Å². The second-order valence-corrected chi connectivity index (χ2v) is 15.1. The monoisotopic (exact) mass is 625 g/mol. The van der Waals surface area contributed by atoms with Crippen molar-refractivity contribution in [3.63, 3.8) is 0 Å². The first-order chi connectivity index (χ1) is 21.6. The van der Waals surface area contributed by atoms with E-state index in [-0.39, 0.29) is 24.1 Å². The third kappa shape index (κ3) is 10.1. The maximum absolute atomic E-state index is 11.7. The van der Waals surface area contributed by atoms with E-state index in [0.717, 1.165) is 96.8 Å². The highest BCUT2D eigenvalue weighted by Crippen LogP contribution is 2.30. The van der Waals surface area contributed by atoms with Crippen molar-refractivity contribution < 1.29 is 20.1 Å². The SMILES string of the molecule is CC1NC(CCC2CCCCCCC(O)(CC(=O)O)CNC3(C)CCNC(Cc4cccc(c4)C2)C3)C(N2CC=NC2)CC1O. The number of aliphatic carboxylic acids is 1. The Kier molecular flexibility index (Phi) is 12.1. The molecule has 0 aromatic heterocycles. The van der Waals surface area contributed by atoms with Crippen LogP contribution in [-0.4, -0.2) is 100 Å². The first-order valence-electron chi connectivity index (χ1n) is 17.8. The van der Waals surface area contributed by atoms with Gasteiger partial charge in [0.05, 0.1) is 24.8 Å². The molecular formula is C36H59N5O4. The summed E-state index contributed by atoms with van der Waals surface area (Å²) < 4.78 is 0. The topological polar surface area (TPSA) is 129 Å². The summed E-state index contributed by atoms with van der Waals surface area (Å²) in [5.41, 5.74) is 1.42. The summed E-state index contributed by atoms with van der Waals surface area (Å²) in [7, 11) is 0. The standard InChI is InChI=1S/C36H59N5O4/c1-26-33(42)21-32(41-17-16-37-25-41)31(40-26)12-11-27-8-5-3-4-6-13-36(45,23-34(43)44)24-39-35(2)14-15-38-30(22-35)20-29-10-7-9-28(18-27)19-29/h7,9-10,16,19,26-27,30-33,38-40,42,45H,3-6,8,11-15,17-18,20-25H2,1-2H3,(H,43,44). The summed E-state index contributed by atoms with van der Waals surface area (Å²) in [4.78, 5) is 18.6. The van der Waals surface area contributed by atoms with E-state index in [4.69, 9.17) is 0 Å². The molecule has 4 bridgehead atoms. The molecule has 0 amide bonds. The molecule has 0 aliphatic carbocycles. The first kappa shape index (κ1) is 34.5. The number of carboxylic acid groups (broad SMARTS) is 1. The van der Waals surface area contributed by atoms with Gasteiger partial charge in [0.2, 0.25) is 0 Å². The van der Waals surface area contributed by atoms with Crippen LogP contribution in [-0.2, 0) is 17.6 Å². The van der Waals surface area contributed by atoms with Crippen molar-refractivity contribution in [2.24, 2.45) is 10.9 Å². The smallest absolute Gasteiger partial charge is 0.306 e. The lowest BCUT2D eigenvalue weighted by Gasteiger charge is -2.43. The number of nitrogens with zero attached hydrogens (tertiary/aromatic N) is 2. The fourth-order valence-electron chi connectivity index (χ4n) is 8.46. The van der Waals surface area contributed by atoms with Crippen LogP contribution in [0.3, 0.4) is 0 Å². The van der Waals surface area contributed by atoms with E-state index < -0.39 is 11.6 Å². The third-order valence-corrected chi connectivity index (χ3v) is 11.2. The molecule has 6 N–H and O–H groups in total. The van der Waals surface area contributed by atoms with Gasteiger partial charge < -0.3 is 31.3 Å². The molecule has 4 aliphatic rings. The number of benzene rings is 1. The lowest BCUT2D eigenvalue weighted by molar-refractivity contribution is -0.143. The number of aliphatic hydroxyl groups excluding tert-OH is 1. The summed E-state index contributed by atoms with van der Waals surface area (Å²) in [5.74, 6) is -0.365. The van der Waals surface area contributed by atoms with Gasteiger partial charge in [0.1, 0.15) is 0 Å². The van der Waals surface area contributed by atoms with E-state index in [2.05, 4.69) is 64.0 Å². The molecule has 5 rings (SSSR count). The number of nitrogens with one attached hydrogen (secondary N) is 3. The molecule has 8 unspecified atom stereocenters. The highest BCUT2D eigenvalue weighted by molar-refractivity contribution is 5.68. The van der Waals surface area contributed by atoms with Crippen molar-refractivity contribution in [1.29, 1.82) is 0 Å². The van der Waals surface area contributed by atoms with Crippen molar-refractivity contribution in [3.8, 4) is 0 Å². The summed E-state index contributed by atoms with van der Waals surface area (Å²) in [6.45, 7) is 7.15. The Morgan fingerprint density at radius 2 is 1.91 bits per heavy atom. The molecule has 252 valence electrons. The number of β-amino-alcohol motifs (C(OH)–C–C–N with tert-alkyl or cyclic N) is 1. The molecule has 9 nitrogen and oxygen atoms in total. The summed E-state index contributed by atoms with van der Waals surface area (Å²) in [6, 6.07) is 10.3. The molecule has 4 aliphatic heterocycles. The first-order valence-corrected chi connectivity index (χ1v) is 17.8. The molecule has 8 atom stereocenters. The van der Waals surface area contributed by atoms with Gasteiger partial charge in [-0.15, -0.1) is 0 Å². The van der Waals surface area contributed by atoms with Crippen molar-refractivity contribution in [2.45, 2.75) is 145 Å². The maximum atomic E-state index is 11.7. The largest absolute Gasteiger partial charge is 0.481 e. The highest BCUT2D eigenvalue weighted by atomic mass is 16.4. The lowest BCUT2D eigenvalue weighted by atomic mass is 9.81. The Hall–Kier alpha value is -1.88. The Bertz CT molecular complexity index is 1130. The van der Waals surface area contributed by atoms with E-state index in [0.29, 0.717) is 37.0 Å². The van der Waals surface area contributed by atoms with Crippen molar-refractivity contribution in [1.82, 2.24) is 20.9 Å². The molecule has 2 saturated heterocycles. The molecule has 4 heterocycles. The van der Waals surface area contributed by atoms with Gasteiger partial charge in [0.15, 0.2) is 0 Å². The zero-order valence-corrected chi connectivity index (χ0v) is 27.7. The average molecular weight is 626 g/mol. The Labute approximate surface area is 270 Å². The molecule has 1 aromatic carbocycles. The van der Waals surface area contributed by atoms with Gasteiger partial charge in [-0.3, -0.25) is 14.7 Å². The van der Waals surface area contributed by atoms with Crippen LogP contribution in [0.25, 0.3) is 0 Å². The van der Waals surface area contributed by atoms with Crippen LogP contribution in [0.5, 0.6) is 0 Å². The molecule has 0 saturated carbocycles. The van der Waals surface area contributed by atoms with Gasteiger partial charge >= 0.3 is 5.97 Å². The second kappa shape index (κ2) is 15.8. The van der Waals surface area contributed by atoms with Gasteiger partial charge in [-0.05, 0) is 88.8 Å². The Balaban J connectivity index is 1.29. The predicted octanol–water partition coefficient (Wildman–Crippen LogP) is 3.65. The number of hydrogen-bond acceptors (Lipinski definition) is 8. The number of aliphatic imine (C=N–C) groups is 1. The fourth-order valence-corrected chi connectivity index (χ4v) is 8.46. The van der Waals surface area contributed by atoms with E-state index in [1.807, 2.05) is 6.21 Å². The summed E-state index contributed by atoms with van der Waals surface area (Å²) >= 11 is 0. The van der Waals surface area contributed by atoms with Gasteiger partial charge in [0.25, 0.3) is 0 Å². The van der Waals surface area contributed by atoms with E-state index in [9.17, 15) is 20.1 Å². The summed E-state index contributed by atoms with van der Waals surface area (Å²) in [6.07, 6.45) is 14.2. The Morgan fingerprint density at radius 1 is 1.11 bits per heavy atom. The van der Waals surface area contributed by atoms with Crippen LogP contribution < -0.4 is 16.0 Å². The molecule has 1 aromatic rings. The van der Waals surface area contributed by atoms with Crippen molar-refractivity contribution in [2.75, 3.05) is 26.3 Å². The number of hydrogen-bond donors (Lipinski definition) is 6. The minimum absolute atomic E-state index is 0.0990. The number of aliphatic hydroxyl groups is 2. The quantitative estimate of drug-likeness (QED) is 0.283. The minimum Gasteiger partial charge on any atom is -0.481 e. The van der Waals surface area contributed by atoms with Gasteiger partial charge in [-0.1, -0.05) is 56.4 Å². The van der Waals surface area contributed by atoms with Crippen LogP contribution >= 0.6 is 0 Å². The molecule has 0 radical (unpaired) electrons. The molecule has 9 heteroatoms. The van der Waals surface area contributed by atoms with Crippen LogP contribution in [0.2, 0.25) is 0 Å². The van der Waals surface area contributed by atoms with E-state index >= 15 is 0 Å². The minimum atomic E-state index is -1.23. The van der Waals surface area contributed by atoms with Crippen LogP contribution in [0.4, 0.5) is 0 Å². The van der Waals surface area contributed by atoms with Gasteiger partial charge in [-0.2, -0.15) is 0 Å². The molecule has 0 spiro atoms. The summed E-state index contributed by atoms with van der Waals surface area (Å²) in [5, 5.41) is 42.8. The van der Waals surface area contributed by atoms with Crippen LogP contribution in [0.1, 0.15) is 102 Å². The number of piperidine rings is 2. The van der Waals surface area contributed by atoms with Crippen LogP contribution in [0, 0.1) is 5.92 Å². The van der Waals surface area contributed by atoms with Crippen molar-refractivity contribution >= 4 is 12.2 Å². The zero-order chi connectivity index (χ0) is 31.9. The van der Waals surface area contributed by atoms with Crippen LogP contribution in [0.15, 0.2) is 29.3 Å².